The van der Waals surface area contributed by atoms with E-state index in [1.54, 1.807) is 24.4 Å². The third kappa shape index (κ3) is 4.16. The number of carbonyl (C=O) groups is 1. The van der Waals surface area contributed by atoms with Gasteiger partial charge < -0.3 is 9.88 Å². The molecule has 0 unspecified atom stereocenters. The van der Waals surface area contributed by atoms with Gasteiger partial charge in [0.05, 0.1) is 5.75 Å². The molecule has 7 heteroatoms. The van der Waals surface area contributed by atoms with E-state index in [0.717, 1.165) is 17.4 Å². The molecule has 0 fully saturated rings. The van der Waals surface area contributed by atoms with Crippen LogP contribution in [0.15, 0.2) is 42.2 Å². The number of nitrogens with one attached hydrogen (secondary N) is 1. The fourth-order valence-corrected chi connectivity index (χ4v) is 2.51. The summed E-state index contributed by atoms with van der Waals surface area (Å²) in [7, 11) is 0. The number of pyridine rings is 1. The molecule has 2 rings (SSSR count). The van der Waals surface area contributed by atoms with E-state index in [2.05, 4.69) is 27.1 Å². The molecule has 6 nitrogen and oxygen atoms in total. The van der Waals surface area contributed by atoms with Crippen molar-refractivity contribution in [2.45, 2.75) is 25.0 Å². The molecule has 0 aliphatic carbocycles. The Bertz CT molecular complexity index is 611. The van der Waals surface area contributed by atoms with Gasteiger partial charge in [-0.2, -0.15) is 0 Å². The van der Waals surface area contributed by atoms with Crippen molar-refractivity contribution in [3.05, 3.63) is 42.9 Å². The summed E-state index contributed by atoms with van der Waals surface area (Å²) in [6.45, 7) is 6.39. The molecule has 21 heavy (non-hydrogen) atoms. The van der Waals surface area contributed by atoms with Crippen LogP contribution in [0.4, 0.5) is 5.82 Å². The van der Waals surface area contributed by atoms with E-state index >= 15 is 0 Å². The van der Waals surface area contributed by atoms with Gasteiger partial charge in [0.15, 0.2) is 5.16 Å². The van der Waals surface area contributed by atoms with Crippen LogP contribution in [0.1, 0.15) is 12.7 Å². The van der Waals surface area contributed by atoms with E-state index in [-0.39, 0.29) is 11.7 Å². The van der Waals surface area contributed by atoms with E-state index in [4.69, 9.17) is 0 Å². The van der Waals surface area contributed by atoms with Crippen LogP contribution in [-0.2, 0) is 17.8 Å². The molecule has 0 atom stereocenters. The first kappa shape index (κ1) is 15.2. The second-order valence-corrected chi connectivity index (χ2v) is 5.15. The van der Waals surface area contributed by atoms with Crippen LogP contribution in [0.25, 0.3) is 0 Å². The van der Waals surface area contributed by atoms with E-state index in [1.807, 2.05) is 17.6 Å². The highest BCUT2D eigenvalue weighted by Crippen LogP contribution is 2.17. The number of anilines is 1. The van der Waals surface area contributed by atoms with Crippen molar-refractivity contribution in [1.82, 2.24) is 19.7 Å². The van der Waals surface area contributed by atoms with E-state index in [9.17, 15) is 4.79 Å². The Kier molecular flexibility index (Phi) is 5.51. The van der Waals surface area contributed by atoms with Gasteiger partial charge >= 0.3 is 0 Å². The van der Waals surface area contributed by atoms with Crippen molar-refractivity contribution >= 4 is 23.5 Å². The Morgan fingerprint density at radius 1 is 1.48 bits per heavy atom. The molecule has 0 saturated carbocycles. The van der Waals surface area contributed by atoms with Gasteiger partial charge in [0, 0.05) is 19.2 Å². The fraction of sp³-hybridized carbons (Fsp3) is 0.286. The first-order valence-electron chi connectivity index (χ1n) is 6.61. The zero-order valence-corrected chi connectivity index (χ0v) is 12.6. The number of carbonyl (C=O) groups excluding carboxylic acids is 1. The molecular formula is C14H17N5OS. The number of amides is 1. The van der Waals surface area contributed by atoms with Crippen molar-refractivity contribution in [3.8, 4) is 0 Å². The molecule has 2 aromatic rings. The molecule has 1 amide bonds. The third-order valence-corrected chi connectivity index (χ3v) is 3.65. The summed E-state index contributed by atoms with van der Waals surface area (Å²) in [5, 5.41) is 11.7. The largest absolute Gasteiger partial charge is 0.310 e. The van der Waals surface area contributed by atoms with Crippen LogP contribution in [0.5, 0.6) is 0 Å². The minimum atomic E-state index is -0.120. The zero-order valence-electron chi connectivity index (χ0n) is 11.8. The molecule has 0 bridgehead atoms. The van der Waals surface area contributed by atoms with Gasteiger partial charge in [-0.3, -0.25) is 4.79 Å². The lowest BCUT2D eigenvalue weighted by atomic mass is 10.4. The van der Waals surface area contributed by atoms with Gasteiger partial charge in [-0.15, -0.1) is 16.8 Å². The Labute approximate surface area is 127 Å². The second-order valence-electron chi connectivity index (χ2n) is 4.20. The monoisotopic (exact) mass is 303 g/mol. The fourth-order valence-electron chi connectivity index (χ4n) is 1.75. The highest BCUT2D eigenvalue weighted by atomic mass is 32.2. The number of hydrogen-bond donors (Lipinski definition) is 1. The predicted octanol–water partition coefficient (Wildman–Crippen LogP) is 2.15. The molecule has 0 aliphatic heterocycles. The smallest absolute Gasteiger partial charge is 0.236 e. The maximum Gasteiger partial charge on any atom is 0.236 e. The normalized spacial score (nSPS) is 10.3. The molecular weight excluding hydrogens is 286 g/mol. The molecule has 0 aromatic carbocycles. The molecule has 0 saturated heterocycles. The number of aryl methyl sites for hydroxylation is 1. The van der Waals surface area contributed by atoms with Crippen LogP contribution < -0.4 is 5.32 Å². The summed E-state index contributed by atoms with van der Waals surface area (Å²) >= 11 is 1.35. The average molecular weight is 303 g/mol. The van der Waals surface area contributed by atoms with Gasteiger partial charge in [-0.1, -0.05) is 30.8 Å². The van der Waals surface area contributed by atoms with Crippen LogP contribution in [0.3, 0.4) is 0 Å². The summed E-state index contributed by atoms with van der Waals surface area (Å²) < 4.78 is 1.96. The van der Waals surface area contributed by atoms with Gasteiger partial charge in [0.25, 0.3) is 0 Å². The van der Waals surface area contributed by atoms with E-state index in [1.165, 1.54) is 11.8 Å². The van der Waals surface area contributed by atoms with Crippen LogP contribution in [0, 0.1) is 0 Å². The molecule has 0 spiro atoms. The second kappa shape index (κ2) is 7.58. The number of thioether (sulfide) groups is 1. The van der Waals surface area contributed by atoms with Crippen molar-refractivity contribution in [3.63, 3.8) is 0 Å². The van der Waals surface area contributed by atoms with E-state index in [0.29, 0.717) is 12.4 Å². The maximum atomic E-state index is 11.9. The Morgan fingerprint density at radius 2 is 2.33 bits per heavy atom. The zero-order chi connectivity index (χ0) is 15.1. The summed E-state index contributed by atoms with van der Waals surface area (Å²) in [6, 6.07) is 5.37. The van der Waals surface area contributed by atoms with Gasteiger partial charge in [0.2, 0.25) is 5.91 Å². The number of rotatable bonds is 7. The van der Waals surface area contributed by atoms with Gasteiger partial charge in [-0.05, 0) is 12.1 Å². The lowest BCUT2D eigenvalue weighted by Gasteiger charge is -2.06. The standard InChI is InChI=1S/C14H17N5OS/c1-3-9-19-12(4-2)17-18-14(19)21-10-13(20)16-11-7-5-6-8-15-11/h3,5-8H,1,4,9-10H2,2H3,(H,15,16,20). The topological polar surface area (TPSA) is 72.7 Å². The van der Waals surface area contributed by atoms with Crippen LogP contribution in [-0.4, -0.2) is 31.4 Å². The molecule has 2 aromatic heterocycles. The first-order valence-corrected chi connectivity index (χ1v) is 7.59. The van der Waals surface area contributed by atoms with Crippen LogP contribution in [0.2, 0.25) is 0 Å². The predicted molar refractivity (Wildman–Crippen MR) is 83.2 cm³/mol. The van der Waals surface area contributed by atoms with E-state index < -0.39 is 0 Å². The van der Waals surface area contributed by atoms with Crippen molar-refractivity contribution in [2.24, 2.45) is 0 Å². The van der Waals surface area contributed by atoms with Crippen molar-refractivity contribution in [2.75, 3.05) is 11.1 Å². The summed E-state index contributed by atoms with van der Waals surface area (Å²) in [4.78, 5) is 15.9. The lowest BCUT2D eigenvalue weighted by Crippen LogP contribution is -2.15. The molecule has 0 aliphatic rings. The Hall–Kier alpha value is -2.15. The quantitative estimate of drug-likeness (QED) is 0.627. The Balaban J connectivity index is 1.95. The third-order valence-electron chi connectivity index (χ3n) is 2.69. The molecule has 110 valence electrons. The van der Waals surface area contributed by atoms with Gasteiger partial charge in [-0.25, -0.2) is 4.98 Å². The summed E-state index contributed by atoms with van der Waals surface area (Å²) in [5.41, 5.74) is 0. The SMILES string of the molecule is C=CCn1c(CC)nnc1SCC(=O)Nc1ccccn1. The summed E-state index contributed by atoms with van der Waals surface area (Å²) in [5.74, 6) is 1.58. The molecule has 2 heterocycles. The number of hydrogen-bond acceptors (Lipinski definition) is 5. The number of nitrogens with zero attached hydrogens (tertiary/aromatic N) is 4. The molecule has 1 N–H and O–H groups in total. The average Bonchev–Trinajstić information content (AvgIpc) is 2.89. The highest BCUT2D eigenvalue weighted by molar-refractivity contribution is 7.99. The highest BCUT2D eigenvalue weighted by Gasteiger charge is 2.12. The Morgan fingerprint density at radius 3 is 3.00 bits per heavy atom. The lowest BCUT2D eigenvalue weighted by molar-refractivity contribution is -0.113. The summed E-state index contributed by atoms with van der Waals surface area (Å²) in [6.07, 6.45) is 4.22. The molecule has 0 radical (unpaired) electrons. The minimum absolute atomic E-state index is 0.120. The van der Waals surface area contributed by atoms with Crippen molar-refractivity contribution < 1.29 is 4.79 Å². The number of allylic oxidation sites excluding steroid dienone is 1. The van der Waals surface area contributed by atoms with Crippen molar-refractivity contribution in [1.29, 1.82) is 0 Å². The van der Waals surface area contributed by atoms with Gasteiger partial charge in [0.1, 0.15) is 11.6 Å². The minimum Gasteiger partial charge on any atom is -0.310 e. The van der Waals surface area contributed by atoms with Crippen LogP contribution >= 0.6 is 11.8 Å². The number of aromatic nitrogens is 4. The maximum absolute atomic E-state index is 11.9. The first-order chi connectivity index (χ1) is 10.2.